The van der Waals surface area contributed by atoms with E-state index in [2.05, 4.69) is 26.2 Å². The molecule has 0 spiro atoms. The number of hydrogen-bond acceptors (Lipinski definition) is 6. The van der Waals surface area contributed by atoms with Gasteiger partial charge >= 0.3 is 11.8 Å². The molecule has 1 saturated heterocycles. The normalized spacial score (nSPS) is 19.2. The van der Waals surface area contributed by atoms with E-state index in [9.17, 15) is 14.4 Å². The SMILES string of the molecule is CC(C)(C)OC(=O)N1CCNC(CCOc2cc(Br)cc3c2c(=O)[nH]c(=O)n3C2CC2)C1. The second kappa shape index (κ2) is 8.90. The first-order valence-electron chi connectivity index (χ1n) is 10.9. The van der Waals surface area contributed by atoms with Crippen molar-refractivity contribution in [1.82, 2.24) is 19.8 Å². The van der Waals surface area contributed by atoms with Crippen LogP contribution in [0.1, 0.15) is 46.1 Å². The predicted molar refractivity (Wildman–Crippen MR) is 125 cm³/mol. The van der Waals surface area contributed by atoms with E-state index in [4.69, 9.17) is 9.47 Å². The summed E-state index contributed by atoms with van der Waals surface area (Å²) in [5, 5.41) is 3.78. The van der Waals surface area contributed by atoms with Crippen molar-refractivity contribution in [3.05, 3.63) is 37.4 Å². The highest BCUT2D eigenvalue weighted by atomic mass is 79.9. The fourth-order valence-electron chi connectivity index (χ4n) is 3.95. The van der Waals surface area contributed by atoms with E-state index in [0.29, 0.717) is 49.3 Å². The molecule has 9 nitrogen and oxygen atoms in total. The second-order valence-electron chi connectivity index (χ2n) is 9.37. The average molecular weight is 509 g/mol. The number of piperazine rings is 1. The fraction of sp³-hybridized carbons (Fsp3) is 0.591. The summed E-state index contributed by atoms with van der Waals surface area (Å²) in [6.45, 7) is 7.71. The van der Waals surface area contributed by atoms with Gasteiger partial charge in [-0.15, -0.1) is 0 Å². The number of aromatic amines is 1. The first-order valence-corrected chi connectivity index (χ1v) is 11.7. The van der Waals surface area contributed by atoms with Crippen LogP contribution in [-0.4, -0.2) is 58.4 Å². The quantitative estimate of drug-likeness (QED) is 0.643. The Hall–Kier alpha value is -2.33. The van der Waals surface area contributed by atoms with Crippen molar-refractivity contribution in [2.24, 2.45) is 0 Å². The van der Waals surface area contributed by atoms with Gasteiger partial charge in [0.05, 0.1) is 12.1 Å². The number of H-pyrrole nitrogens is 1. The zero-order valence-corrected chi connectivity index (χ0v) is 20.2. The van der Waals surface area contributed by atoms with Gasteiger partial charge in [0.1, 0.15) is 16.7 Å². The molecule has 1 amide bonds. The Morgan fingerprint density at radius 1 is 1.25 bits per heavy atom. The molecule has 32 heavy (non-hydrogen) atoms. The Kier molecular flexibility index (Phi) is 6.35. The molecule has 1 saturated carbocycles. The van der Waals surface area contributed by atoms with Gasteiger partial charge in [-0.25, -0.2) is 9.59 Å². The number of halogens is 1. The Bertz CT molecular complexity index is 1130. The van der Waals surface area contributed by atoms with E-state index in [1.54, 1.807) is 21.6 Å². The van der Waals surface area contributed by atoms with Crippen molar-refractivity contribution in [3.63, 3.8) is 0 Å². The molecule has 1 aliphatic carbocycles. The fourth-order valence-corrected chi connectivity index (χ4v) is 4.37. The molecule has 2 aromatic rings. The van der Waals surface area contributed by atoms with Crippen molar-refractivity contribution >= 4 is 32.9 Å². The molecular formula is C22H29BrN4O5. The van der Waals surface area contributed by atoms with Gasteiger partial charge in [-0.05, 0) is 52.2 Å². The summed E-state index contributed by atoms with van der Waals surface area (Å²) < 4.78 is 13.9. The van der Waals surface area contributed by atoms with Gasteiger partial charge in [0, 0.05) is 36.2 Å². The molecule has 2 aliphatic rings. The first kappa shape index (κ1) is 22.8. The summed E-state index contributed by atoms with van der Waals surface area (Å²) in [7, 11) is 0. The smallest absolute Gasteiger partial charge is 0.410 e. The lowest BCUT2D eigenvalue weighted by molar-refractivity contribution is 0.0188. The van der Waals surface area contributed by atoms with E-state index in [0.717, 1.165) is 17.3 Å². The molecule has 4 rings (SSSR count). The molecule has 1 aromatic carbocycles. The third-order valence-electron chi connectivity index (χ3n) is 5.52. The minimum atomic E-state index is -0.531. The van der Waals surface area contributed by atoms with Crippen molar-refractivity contribution in [2.45, 2.75) is 57.7 Å². The molecular weight excluding hydrogens is 480 g/mol. The van der Waals surface area contributed by atoms with Crippen molar-refractivity contribution in [3.8, 4) is 5.75 Å². The molecule has 0 radical (unpaired) electrons. The van der Waals surface area contributed by atoms with Crippen LogP contribution in [0.5, 0.6) is 5.75 Å². The number of hydrogen-bond donors (Lipinski definition) is 2. The van der Waals surface area contributed by atoms with Gasteiger partial charge in [-0.2, -0.15) is 0 Å². The molecule has 2 heterocycles. The summed E-state index contributed by atoms with van der Waals surface area (Å²) in [4.78, 5) is 41.4. The predicted octanol–water partition coefficient (Wildman–Crippen LogP) is 2.77. The zero-order chi connectivity index (χ0) is 23.0. The van der Waals surface area contributed by atoms with Gasteiger partial charge in [0.15, 0.2) is 0 Å². The van der Waals surface area contributed by atoms with E-state index >= 15 is 0 Å². The number of aromatic nitrogens is 2. The number of fused-ring (bicyclic) bond motifs is 1. The van der Waals surface area contributed by atoms with Crippen LogP contribution in [-0.2, 0) is 4.74 Å². The molecule has 0 bridgehead atoms. The molecule has 1 aromatic heterocycles. The lowest BCUT2D eigenvalue weighted by Crippen LogP contribution is -2.53. The Labute approximate surface area is 194 Å². The Morgan fingerprint density at radius 2 is 2.00 bits per heavy atom. The largest absolute Gasteiger partial charge is 0.493 e. The van der Waals surface area contributed by atoms with Crippen LogP contribution >= 0.6 is 15.9 Å². The van der Waals surface area contributed by atoms with E-state index in [-0.39, 0.29) is 23.9 Å². The van der Waals surface area contributed by atoms with E-state index in [1.165, 1.54) is 0 Å². The summed E-state index contributed by atoms with van der Waals surface area (Å²) in [6.07, 6.45) is 2.18. The van der Waals surface area contributed by atoms with E-state index < -0.39 is 11.2 Å². The number of amides is 1. The molecule has 174 valence electrons. The summed E-state index contributed by atoms with van der Waals surface area (Å²) in [5.41, 5.74) is -0.784. The monoisotopic (exact) mass is 508 g/mol. The van der Waals surface area contributed by atoms with Gasteiger partial charge in [-0.1, -0.05) is 15.9 Å². The number of ether oxygens (including phenoxy) is 2. The third-order valence-corrected chi connectivity index (χ3v) is 5.97. The van der Waals surface area contributed by atoms with Crippen LogP contribution < -0.4 is 21.3 Å². The Balaban J connectivity index is 1.46. The highest BCUT2D eigenvalue weighted by Crippen LogP contribution is 2.37. The highest BCUT2D eigenvalue weighted by molar-refractivity contribution is 9.10. The highest BCUT2D eigenvalue weighted by Gasteiger charge is 2.29. The van der Waals surface area contributed by atoms with Gasteiger partial charge in [-0.3, -0.25) is 14.3 Å². The molecule has 2 fully saturated rings. The van der Waals surface area contributed by atoms with E-state index in [1.807, 2.05) is 20.8 Å². The Morgan fingerprint density at radius 3 is 2.69 bits per heavy atom. The van der Waals surface area contributed by atoms with Crippen molar-refractivity contribution in [2.75, 3.05) is 26.2 Å². The number of nitrogens with one attached hydrogen (secondary N) is 2. The minimum Gasteiger partial charge on any atom is -0.493 e. The van der Waals surface area contributed by atoms with Crippen LogP contribution in [0.3, 0.4) is 0 Å². The molecule has 2 N–H and O–H groups in total. The maximum Gasteiger partial charge on any atom is 0.410 e. The van der Waals surface area contributed by atoms with Crippen molar-refractivity contribution < 1.29 is 14.3 Å². The maximum atomic E-state index is 12.6. The molecule has 1 aliphatic heterocycles. The van der Waals surface area contributed by atoms with Crippen LogP contribution in [0.2, 0.25) is 0 Å². The standard InChI is InChI=1S/C22H29BrN4O5/c1-22(2,3)32-21(30)26-8-7-24-14(12-26)6-9-31-17-11-13(23)10-16-18(17)19(28)25-20(29)27(16)15-4-5-15/h10-11,14-15,24H,4-9,12H2,1-3H3,(H,25,28,29). The van der Waals surface area contributed by atoms with Crippen LogP contribution in [0.15, 0.2) is 26.2 Å². The topological polar surface area (TPSA) is 106 Å². The molecule has 1 unspecified atom stereocenters. The average Bonchev–Trinajstić information content (AvgIpc) is 3.51. The van der Waals surface area contributed by atoms with Crippen LogP contribution in [0.25, 0.3) is 10.9 Å². The number of benzene rings is 1. The van der Waals surface area contributed by atoms with Gasteiger partial charge < -0.3 is 19.7 Å². The van der Waals surface area contributed by atoms with Gasteiger partial charge in [0.25, 0.3) is 5.56 Å². The molecule has 1 atom stereocenters. The summed E-state index contributed by atoms with van der Waals surface area (Å²) in [6, 6.07) is 3.71. The summed E-state index contributed by atoms with van der Waals surface area (Å²) >= 11 is 3.47. The lowest BCUT2D eigenvalue weighted by Gasteiger charge is -2.34. The van der Waals surface area contributed by atoms with Gasteiger partial charge in [0.2, 0.25) is 0 Å². The number of carbonyl (C=O) groups is 1. The van der Waals surface area contributed by atoms with Crippen LogP contribution in [0.4, 0.5) is 4.79 Å². The van der Waals surface area contributed by atoms with Crippen LogP contribution in [0, 0.1) is 0 Å². The number of carbonyl (C=O) groups excluding carboxylic acids is 1. The number of nitrogens with zero attached hydrogens (tertiary/aromatic N) is 2. The second-order valence-corrected chi connectivity index (χ2v) is 10.3. The van der Waals surface area contributed by atoms with Crippen molar-refractivity contribution in [1.29, 1.82) is 0 Å². The molecule has 10 heteroatoms. The maximum absolute atomic E-state index is 12.6. The minimum absolute atomic E-state index is 0.0533. The lowest BCUT2D eigenvalue weighted by atomic mass is 10.1. The first-order chi connectivity index (χ1) is 15.1. The summed E-state index contributed by atoms with van der Waals surface area (Å²) in [5.74, 6) is 0.435. The zero-order valence-electron chi connectivity index (χ0n) is 18.6. The number of rotatable bonds is 5. The third kappa shape index (κ3) is 5.17.